The fourth-order valence-corrected chi connectivity index (χ4v) is 2.28. The number of hydrazone groups is 1. The van der Waals surface area contributed by atoms with Crippen molar-refractivity contribution in [1.82, 2.24) is 4.98 Å². The second-order valence-electron chi connectivity index (χ2n) is 3.83. The van der Waals surface area contributed by atoms with Crippen LogP contribution >= 0.6 is 27.5 Å². The van der Waals surface area contributed by atoms with Gasteiger partial charge in [-0.3, -0.25) is 15.5 Å². The monoisotopic (exact) mass is 370 g/mol. The minimum Gasteiger partial charge on any atom is -0.505 e. The van der Waals surface area contributed by atoms with Crippen LogP contribution in [-0.2, 0) is 0 Å². The van der Waals surface area contributed by atoms with E-state index in [1.807, 2.05) is 0 Å². The summed E-state index contributed by atoms with van der Waals surface area (Å²) in [7, 11) is 0. The predicted molar refractivity (Wildman–Crippen MR) is 82.9 cm³/mol. The van der Waals surface area contributed by atoms with Crippen molar-refractivity contribution in [3.05, 3.63) is 55.6 Å². The van der Waals surface area contributed by atoms with Gasteiger partial charge in [-0.2, -0.15) is 5.10 Å². The molecule has 9 heteroatoms. The van der Waals surface area contributed by atoms with Crippen molar-refractivity contribution >= 4 is 45.3 Å². The van der Waals surface area contributed by atoms with E-state index < -0.39 is 4.92 Å². The molecule has 0 atom stereocenters. The van der Waals surface area contributed by atoms with Crippen LogP contribution in [-0.4, -0.2) is 21.2 Å². The van der Waals surface area contributed by atoms with Crippen molar-refractivity contribution in [2.75, 3.05) is 5.43 Å². The molecule has 0 radical (unpaired) electrons. The SMILES string of the molecule is O=[N+]([O-])c1cccnc1N/N=C\c1cc(Cl)c(O)c(Br)c1. The molecule has 0 amide bonds. The average Bonchev–Trinajstić information content (AvgIpc) is 2.45. The van der Waals surface area contributed by atoms with E-state index in [0.29, 0.717) is 10.0 Å². The lowest BCUT2D eigenvalue weighted by atomic mass is 10.2. The summed E-state index contributed by atoms with van der Waals surface area (Å²) in [6.07, 6.45) is 2.81. The summed E-state index contributed by atoms with van der Waals surface area (Å²) >= 11 is 8.96. The van der Waals surface area contributed by atoms with Crippen LogP contribution in [0.4, 0.5) is 11.5 Å². The number of hydrogen-bond acceptors (Lipinski definition) is 6. The molecular formula is C12H8BrClN4O3. The maximum atomic E-state index is 10.8. The molecule has 1 aromatic carbocycles. The number of nitrogens with zero attached hydrogens (tertiary/aromatic N) is 3. The first-order valence-electron chi connectivity index (χ1n) is 5.55. The first-order chi connectivity index (χ1) is 9.99. The van der Waals surface area contributed by atoms with Gasteiger partial charge in [0.2, 0.25) is 5.82 Å². The van der Waals surface area contributed by atoms with Crippen molar-refractivity contribution in [1.29, 1.82) is 0 Å². The highest BCUT2D eigenvalue weighted by molar-refractivity contribution is 9.10. The molecule has 0 aliphatic rings. The van der Waals surface area contributed by atoms with Gasteiger partial charge in [0.05, 0.1) is 20.6 Å². The second-order valence-corrected chi connectivity index (χ2v) is 5.09. The normalized spacial score (nSPS) is 10.8. The summed E-state index contributed by atoms with van der Waals surface area (Å²) in [6.45, 7) is 0. The Morgan fingerprint density at radius 1 is 1.52 bits per heavy atom. The van der Waals surface area contributed by atoms with E-state index in [4.69, 9.17) is 11.6 Å². The number of anilines is 1. The van der Waals surface area contributed by atoms with Crippen molar-refractivity contribution in [3.8, 4) is 5.75 Å². The van der Waals surface area contributed by atoms with Crippen molar-refractivity contribution in [2.45, 2.75) is 0 Å². The molecule has 0 saturated heterocycles. The van der Waals surface area contributed by atoms with Crippen molar-refractivity contribution < 1.29 is 10.0 Å². The number of nitro groups is 1. The number of pyridine rings is 1. The highest BCUT2D eigenvalue weighted by atomic mass is 79.9. The van der Waals surface area contributed by atoms with Gasteiger partial charge in [0.15, 0.2) is 0 Å². The Morgan fingerprint density at radius 3 is 2.95 bits per heavy atom. The lowest BCUT2D eigenvalue weighted by Gasteiger charge is -2.02. The third-order valence-electron chi connectivity index (χ3n) is 2.41. The van der Waals surface area contributed by atoms with Crippen LogP contribution in [0.3, 0.4) is 0 Å². The van der Waals surface area contributed by atoms with Crippen LogP contribution in [0.1, 0.15) is 5.56 Å². The number of aromatic hydroxyl groups is 1. The molecule has 0 bridgehead atoms. The molecule has 1 heterocycles. The highest BCUT2D eigenvalue weighted by Crippen LogP contribution is 2.32. The average molecular weight is 372 g/mol. The minimum absolute atomic E-state index is 0.0303. The van der Waals surface area contributed by atoms with Crippen molar-refractivity contribution in [3.63, 3.8) is 0 Å². The van der Waals surface area contributed by atoms with Crippen LogP contribution in [0.25, 0.3) is 0 Å². The number of rotatable bonds is 4. The minimum atomic E-state index is -0.557. The predicted octanol–water partition coefficient (Wildman–Crippen LogP) is 3.56. The molecule has 2 rings (SSSR count). The summed E-state index contributed by atoms with van der Waals surface area (Å²) in [6, 6.07) is 5.88. The van der Waals surface area contributed by atoms with Gasteiger partial charge in [-0.25, -0.2) is 4.98 Å². The van der Waals surface area contributed by atoms with Gasteiger partial charge >= 0.3 is 5.69 Å². The van der Waals surface area contributed by atoms with Crippen LogP contribution < -0.4 is 5.43 Å². The maximum Gasteiger partial charge on any atom is 0.313 e. The third-order valence-corrected chi connectivity index (χ3v) is 3.30. The molecular weight excluding hydrogens is 364 g/mol. The van der Waals surface area contributed by atoms with E-state index in [9.17, 15) is 15.2 Å². The number of aromatic nitrogens is 1. The molecule has 0 fully saturated rings. The van der Waals surface area contributed by atoms with Gasteiger partial charge in [0, 0.05) is 12.3 Å². The Morgan fingerprint density at radius 2 is 2.29 bits per heavy atom. The number of hydrogen-bond donors (Lipinski definition) is 2. The van der Waals surface area contributed by atoms with E-state index >= 15 is 0 Å². The van der Waals surface area contributed by atoms with E-state index in [2.05, 4.69) is 31.4 Å². The van der Waals surface area contributed by atoms with E-state index in [1.54, 1.807) is 6.07 Å². The molecule has 108 valence electrons. The van der Waals surface area contributed by atoms with Crippen LogP contribution in [0.15, 0.2) is 40.0 Å². The molecule has 0 spiro atoms. The zero-order valence-electron chi connectivity index (χ0n) is 10.3. The summed E-state index contributed by atoms with van der Waals surface area (Å²) in [5.41, 5.74) is 2.90. The van der Waals surface area contributed by atoms with Crippen LogP contribution in [0.2, 0.25) is 5.02 Å². The Labute approximate surface area is 132 Å². The zero-order valence-corrected chi connectivity index (χ0v) is 12.7. The van der Waals surface area contributed by atoms with Crippen molar-refractivity contribution in [2.24, 2.45) is 5.10 Å². The molecule has 0 aliphatic carbocycles. The standard InChI is InChI=1S/C12H8BrClN4O3/c13-8-4-7(5-9(14)11(8)19)6-16-17-12-10(18(20)21)2-1-3-15-12/h1-6,19H,(H,15,17)/b16-6-. The number of phenols is 1. The molecule has 2 aromatic rings. The maximum absolute atomic E-state index is 10.8. The highest BCUT2D eigenvalue weighted by Gasteiger charge is 2.13. The molecule has 21 heavy (non-hydrogen) atoms. The number of halogens is 2. The van der Waals surface area contributed by atoms with Gasteiger partial charge in [0.25, 0.3) is 0 Å². The molecule has 0 saturated carbocycles. The summed E-state index contributed by atoms with van der Waals surface area (Å²) in [5.74, 6) is -0.0372. The molecule has 2 N–H and O–H groups in total. The fraction of sp³-hybridized carbons (Fsp3) is 0. The van der Waals surface area contributed by atoms with Crippen LogP contribution in [0.5, 0.6) is 5.75 Å². The third kappa shape index (κ3) is 3.67. The molecule has 1 aromatic heterocycles. The van der Waals surface area contributed by atoms with Gasteiger partial charge in [-0.15, -0.1) is 0 Å². The molecule has 7 nitrogen and oxygen atoms in total. The Balaban J connectivity index is 2.19. The smallest absolute Gasteiger partial charge is 0.313 e. The van der Waals surface area contributed by atoms with Gasteiger partial charge in [0.1, 0.15) is 5.75 Å². The molecule has 0 aliphatic heterocycles. The summed E-state index contributed by atoms with van der Waals surface area (Å²) in [4.78, 5) is 14.1. The lowest BCUT2D eigenvalue weighted by Crippen LogP contribution is -1.99. The van der Waals surface area contributed by atoms with Crippen LogP contribution in [0, 0.1) is 10.1 Å². The van der Waals surface area contributed by atoms with E-state index in [-0.39, 0.29) is 22.3 Å². The first-order valence-corrected chi connectivity index (χ1v) is 6.72. The number of benzene rings is 1. The number of phenolic OH excluding ortho intramolecular Hbond substituents is 1. The Bertz CT molecular complexity index is 700. The Hall–Kier alpha value is -2.19. The topological polar surface area (TPSA) is 101 Å². The largest absolute Gasteiger partial charge is 0.505 e. The Kier molecular flexibility index (Phi) is 4.71. The zero-order chi connectivity index (χ0) is 15.4. The van der Waals surface area contributed by atoms with E-state index in [0.717, 1.165) is 0 Å². The summed E-state index contributed by atoms with van der Waals surface area (Å²) in [5, 5.41) is 24.3. The number of nitrogens with one attached hydrogen (secondary N) is 1. The lowest BCUT2D eigenvalue weighted by molar-refractivity contribution is -0.384. The summed E-state index contributed by atoms with van der Waals surface area (Å²) < 4.78 is 0.417. The van der Waals surface area contributed by atoms with E-state index in [1.165, 1.54) is 30.6 Å². The van der Waals surface area contributed by atoms with Gasteiger partial charge < -0.3 is 5.11 Å². The van der Waals surface area contributed by atoms with Gasteiger partial charge in [-0.05, 0) is 39.7 Å². The molecule has 0 unspecified atom stereocenters. The first kappa shape index (κ1) is 15.2. The quantitative estimate of drug-likeness (QED) is 0.486. The van der Waals surface area contributed by atoms with Gasteiger partial charge in [-0.1, -0.05) is 11.6 Å². The fourth-order valence-electron chi connectivity index (χ4n) is 1.46. The second kappa shape index (κ2) is 6.51.